The third-order valence-corrected chi connectivity index (χ3v) is 4.32. The zero-order valence-corrected chi connectivity index (χ0v) is 11.2. The van der Waals surface area contributed by atoms with Crippen molar-refractivity contribution in [3.8, 4) is 10.7 Å². The van der Waals surface area contributed by atoms with Crippen LogP contribution in [0.1, 0.15) is 18.4 Å². The van der Waals surface area contributed by atoms with Gasteiger partial charge >= 0.3 is 0 Å². The van der Waals surface area contributed by atoms with Crippen LogP contribution in [0.4, 0.5) is 0 Å². The van der Waals surface area contributed by atoms with Crippen LogP contribution in [0.5, 0.6) is 0 Å². The molecule has 1 unspecified atom stereocenters. The number of aliphatic hydroxyl groups excluding tert-OH is 1. The van der Waals surface area contributed by atoms with Gasteiger partial charge in [-0.25, -0.2) is 0 Å². The van der Waals surface area contributed by atoms with Crippen LogP contribution in [-0.2, 0) is 0 Å². The Balaban J connectivity index is 1.83. The van der Waals surface area contributed by atoms with Gasteiger partial charge in [0.2, 0.25) is 11.7 Å². The number of hydrogen-bond acceptors (Lipinski definition) is 6. The molecule has 1 saturated heterocycles. The molecular formula is C10H10BrN3O2S. The summed E-state index contributed by atoms with van der Waals surface area (Å²) in [4.78, 5) is 5.31. The molecule has 1 aliphatic heterocycles. The van der Waals surface area contributed by atoms with Crippen molar-refractivity contribution in [3.05, 3.63) is 21.8 Å². The Morgan fingerprint density at radius 2 is 2.47 bits per heavy atom. The van der Waals surface area contributed by atoms with Crippen molar-refractivity contribution in [2.45, 2.75) is 18.6 Å². The molecule has 90 valence electrons. The van der Waals surface area contributed by atoms with Crippen molar-refractivity contribution >= 4 is 27.3 Å². The molecular weight excluding hydrogens is 306 g/mol. The predicted molar refractivity (Wildman–Crippen MR) is 66.7 cm³/mol. The summed E-state index contributed by atoms with van der Waals surface area (Å²) in [7, 11) is 0. The SMILES string of the molecule is OC1CN[C@H](c2nc(-c3cc(Br)cs3)no2)C1. The second kappa shape index (κ2) is 4.49. The summed E-state index contributed by atoms with van der Waals surface area (Å²) in [6.07, 6.45) is 0.293. The van der Waals surface area contributed by atoms with Crippen molar-refractivity contribution in [1.82, 2.24) is 15.5 Å². The average molecular weight is 316 g/mol. The smallest absolute Gasteiger partial charge is 0.244 e. The van der Waals surface area contributed by atoms with Gasteiger partial charge in [0.25, 0.3) is 0 Å². The summed E-state index contributed by atoms with van der Waals surface area (Å²) >= 11 is 4.95. The van der Waals surface area contributed by atoms with Gasteiger partial charge in [0, 0.05) is 16.4 Å². The lowest BCUT2D eigenvalue weighted by Crippen LogP contribution is -2.15. The fraction of sp³-hybridized carbons (Fsp3) is 0.400. The third kappa shape index (κ3) is 2.28. The quantitative estimate of drug-likeness (QED) is 0.886. The van der Waals surface area contributed by atoms with Crippen molar-refractivity contribution in [2.75, 3.05) is 6.54 Å². The number of halogens is 1. The fourth-order valence-electron chi connectivity index (χ4n) is 1.81. The first-order valence-corrected chi connectivity index (χ1v) is 6.89. The molecule has 3 heterocycles. The maximum absolute atomic E-state index is 9.43. The molecule has 0 amide bonds. The minimum Gasteiger partial charge on any atom is -0.392 e. The number of aliphatic hydroxyl groups is 1. The molecule has 0 radical (unpaired) electrons. The molecule has 2 aromatic heterocycles. The summed E-state index contributed by atoms with van der Waals surface area (Å²) in [5, 5.41) is 18.5. The molecule has 7 heteroatoms. The summed E-state index contributed by atoms with van der Waals surface area (Å²) in [5.41, 5.74) is 0. The van der Waals surface area contributed by atoms with E-state index in [4.69, 9.17) is 4.52 Å². The maximum atomic E-state index is 9.43. The maximum Gasteiger partial charge on any atom is 0.244 e. The van der Waals surface area contributed by atoms with E-state index in [-0.39, 0.29) is 12.1 Å². The van der Waals surface area contributed by atoms with Gasteiger partial charge in [-0.15, -0.1) is 11.3 Å². The molecule has 0 spiro atoms. The van der Waals surface area contributed by atoms with Crippen LogP contribution in [0.2, 0.25) is 0 Å². The van der Waals surface area contributed by atoms with Crippen LogP contribution in [0.15, 0.2) is 20.4 Å². The number of β-amino-alcohol motifs (C(OH)–C–C–N with tert-alkyl or cyclic N) is 1. The van der Waals surface area contributed by atoms with Gasteiger partial charge in [-0.2, -0.15) is 4.98 Å². The van der Waals surface area contributed by atoms with E-state index < -0.39 is 0 Å². The number of rotatable bonds is 2. The van der Waals surface area contributed by atoms with E-state index in [9.17, 15) is 5.11 Å². The Hall–Kier alpha value is -0.760. The summed E-state index contributed by atoms with van der Waals surface area (Å²) in [5.74, 6) is 1.14. The molecule has 0 saturated carbocycles. The first-order chi connectivity index (χ1) is 8.22. The Kier molecular flexibility index (Phi) is 2.99. The van der Waals surface area contributed by atoms with Gasteiger partial charge in [-0.1, -0.05) is 5.16 Å². The Labute approximate surface area is 110 Å². The van der Waals surface area contributed by atoms with Gasteiger partial charge in [0.15, 0.2) is 0 Å². The molecule has 0 bridgehead atoms. The summed E-state index contributed by atoms with van der Waals surface area (Å²) < 4.78 is 6.23. The zero-order chi connectivity index (χ0) is 11.8. The van der Waals surface area contributed by atoms with Crippen LogP contribution in [-0.4, -0.2) is 27.9 Å². The summed E-state index contributed by atoms with van der Waals surface area (Å²) in [6, 6.07) is 1.92. The van der Waals surface area contributed by atoms with Crippen LogP contribution >= 0.6 is 27.3 Å². The number of thiophene rings is 1. The first kappa shape index (κ1) is 11.3. The number of nitrogens with one attached hydrogen (secondary N) is 1. The number of aromatic nitrogens is 2. The van der Waals surface area contributed by atoms with Crippen molar-refractivity contribution in [1.29, 1.82) is 0 Å². The van der Waals surface area contributed by atoms with E-state index in [0.29, 0.717) is 24.7 Å². The zero-order valence-electron chi connectivity index (χ0n) is 8.76. The minimum atomic E-state index is -0.328. The molecule has 1 aliphatic rings. The van der Waals surface area contributed by atoms with E-state index in [1.54, 1.807) is 11.3 Å². The standard InChI is InChI=1S/C10H10BrN3O2S/c11-5-1-8(17-4-5)9-13-10(16-14-9)7-2-6(15)3-12-7/h1,4,6-7,12,15H,2-3H2/t6?,7-/m0/s1. The third-order valence-electron chi connectivity index (χ3n) is 2.64. The Morgan fingerprint density at radius 1 is 1.59 bits per heavy atom. The lowest BCUT2D eigenvalue weighted by molar-refractivity contribution is 0.191. The van der Waals surface area contributed by atoms with E-state index >= 15 is 0 Å². The topological polar surface area (TPSA) is 71.2 Å². The van der Waals surface area contributed by atoms with Crippen molar-refractivity contribution in [2.24, 2.45) is 0 Å². The molecule has 0 aliphatic carbocycles. The van der Waals surface area contributed by atoms with Crippen molar-refractivity contribution < 1.29 is 9.63 Å². The minimum absolute atomic E-state index is 0.0327. The highest BCUT2D eigenvalue weighted by Gasteiger charge is 2.28. The Bertz CT molecular complexity index is 527. The monoisotopic (exact) mass is 315 g/mol. The lowest BCUT2D eigenvalue weighted by atomic mass is 10.2. The highest BCUT2D eigenvalue weighted by molar-refractivity contribution is 9.10. The van der Waals surface area contributed by atoms with Crippen LogP contribution < -0.4 is 5.32 Å². The first-order valence-electron chi connectivity index (χ1n) is 5.22. The predicted octanol–water partition coefficient (Wildman–Crippen LogP) is 1.96. The van der Waals surface area contributed by atoms with Gasteiger partial charge < -0.3 is 14.9 Å². The molecule has 1 fully saturated rings. The second-order valence-electron chi connectivity index (χ2n) is 3.94. The van der Waals surface area contributed by atoms with E-state index in [2.05, 4.69) is 31.4 Å². The number of nitrogens with zero attached hydrogens (tertiary/aromatic N) is 2. The molecule has 3 rings (SSSR count). The van der Waals surface area contributed by atoms with Gasteiger partial charge in [0.05, 0.1) is 17.0 Å². The van der Waals surface area contributed by atoms with Gasteiger partial charge in [0.1, 0.15) is 0 Å². The van der Waals surface area contributed by atoms with Crippen LogP contribution in [0.25, 0.3) is 10.7 Å². The molecule has 17 heavy (non-hydrogen) atoms. The largest absolute Gasteiger partial charge is 0.392 e. The van der Waals surface area contributed by atoms with Crippen LogP contribution in [0.3, 0.4) is 0 Å². The Morgan fingerprint density at radius 3 is 3.12 bits per heavy atom. The highest BCUT2D eigenvalue weighted by atomic mass is 79.9. The average Bonchev–Trinajstić information content (AvgIpc) is 2.96. The fourth-order valence-corrected chi connectivity index (χ4v) is 3.16. The normalized spacial score (nSPS) is 24.4. The summed E-state index contributed by atoms with van der Waals surface area (Å²) in [6.45, 7) is 0.576. The molecule has 2 N–H and O–H groups in total. The van der Waals surface area contributed by atoms with Gasteiger partial charge in [-0.05, 0) is 28.4 Å². The van der Waals surface area contributed by atoms with E-state index in [0.717, 1.165) is 9.35 Å². The van der Waals surface area contributed by atoms with Crippen molar-refractivity contribution in [3.63, 3.8) is 0 Å². The lowest BCUT2D eigenvalue weighted by Gasteiger charge is -2.01. The number of hydrogen-bond donors (Lipinski definition) is 2. The molecule has 0 aromatic carbocycles. The highest BCUT2D eigenvalue weighted by Crippen LogP contribution is 2.29. The van der Waals surface area contributed by atoms with E-state index in [1.807, 2.05) is 11.4 Å². The molecule has 2 atom stereocenters. The molecule has 5 nitrogen and oxygen atoms in total. The van der Waals surface area contributed by atoms with Crippen LogP contribution in [0, 0.1) is 0 Å². The second-order valence-corrected chi connectivity index (χ2v) is 5.76. The van der Waals surface area contributed by atoms with Gasteiger partial charge in [-0.3, -0.25) is 0 Å². The van der Waals surface area contributed by atoms with E-state index in [1.165, 1.54) is 0 Å². The molecule has 2 aromatic rings.